The van der Waals surface area contributed by atoms with Crippen molar-refractivity contribution in [3.63, 3.8) is 0 Å². The lowest BCUT2D eigenvalue weighted by molar-refractivity contribution is 0.563. The smallest absolute Gasteiger partial charge is 0.231 e. The summed E-state index contributed by atoms with van der Waals surface area (Å²) >= 11 is 16.9. The molecule has 0 fully saturated rings. The number of anilines is 1. The SMILES string of the molecule is N=C=O.Nc1ccc(Cl)c(Cl)c1Cl. The van der Waals surface area contributed by atoms with Crippen molar-refractivity contribution in [1.29, 1.82) is 5.41 Å². The molecule has 0 amide bonds. The van der Waals surface area contributed by atoms with Crippen LogP contribution in [0.3, 0.4) is 0 Å². The van der Waals surface area contributed by atoms with E-state index in [1.807, 2.05) is 0 Å². The number of nitrogens with two attached hydrogens (primary N) is 1. The number of nitrogen functional groups attached to an aromatic ring is 1. The molecule has 1 aromatic carbocycles. The van der Waals surface area contributed by atoms with Crippen molar-refractivity contribution in [3.8, 4) is 0 Å². The van der Waals surface area contributed by atoms with Crippen molar-refractivity contribution in [3.05, 3.63) is 27.2 Å². The third-order valence-corrected chi connectivity index (χ3v) is 2.37. The van der Waals surface area contributed by atoms with Crippen molar-refractivity contribution in [1.82, 2.24) is 0 Å². The number of rotatable bonds is 0. The molecular formula is C7H5Cl3N2O. The summed E-state index contributed by atoms with van der Waals surface area (Å²) in [7, 11) is 0. The lowest BCUT2D eigenvalue weighted by Gasteiger charge is -2.00. The van der Waals surface area contributed by atoms with Crippen LogP contribution >= 0.6 is 34.8 Å². The van der Waals surface area contributed by atoms with Crippen molar-refractivity contribution < 1.29 is 4.79 Å². The molecule has 70 valence electrons. The Morgan fingerprint density at radius 3 is 2.08 bits per heavy atom. The first kappa shape index (κ1) is 12.3. The van der Waals surface area contributed by atoms with Crippen LogP contribution in [0.1, 0.15) is 0 Å². The Kier molecular flexibility index (Phi) is 5.51. The van der Waals surface area contributed by atoms with Gasteiger partial charge in [0.2, 0.25) is 6.08 Å². The summed E-state index contributed by atoms with van der Waals surface area (Å²) in [5, 5.41) is 6.44. The maximum absolute atomic E-state index is 8.35. The Morgan fingerprint density at radius 2 is 1.69 bits per heavy atom. The lowest BCUT2D eigenvalue weighted by Crippen LogP contribution is -1.85. The second-order valence-corrected chi connectivity index (χ2v) is 3.03. The predicted octanol–water partition coefficient (Wildman–Crippen LogP) is 3.13. The van der Waals surface area contributed by atoms with E-state index in [1.54, 1.807) is 12.1 Å². The summed E-state index contributed by atoms with van der Waals surface area (Å²) in [5.41, 5.74) is 5.86. The van der Waals surface area contributed by atoms with Gasteiger partial charge in [0.05, 0.1) is 20.8 Å². The van der Waals surface area contributed by atoms with Gasteiger partial charge in [0.25, 0.3) is 0 Å². The lowest BCUT2D eigenvalue weighted by atomic mass is 10.3. The summed E-state index contributed by atoms with van der Waals surface area (Å²) in [6, 6.07) is 3.21. The van der Waals surface area contributed by atoms with E-state index in [9.17, 15) is 0 Å². The number of isocyanates is 1. The van der Waals surface area contributed by atoms with Crippen LogP contribution in [-0.4, -0.2) is 6.08 Å². The number of halogens is 3. The van der Waals surface area contributed by atoms with Gasteiger partial charge in [0, 0.05) is 0 Å². The highest BCUT2D eigenvalue weighted by Gasteiger charge is 2.04. The molecule has 13 heavy (non-hydrogen) atoms. The Morgan fingerprint density at radius 1 is 1.23 bits per heavy atom. The number of benzene rings is 1. The van der Waals surface area contributed by atoms with Gasteiger partial charge >= 0.3 is 0 Å². The maximum Gasteiger partial charge on any atom is 0.231 e. The molecule has 0 aromatic heterocycles. The van der Waals surface area contributed by atoms with E-state index >= 15 is 0 Å². The summed E-state index contributed by atoms with van der Waals surface area (Å²) < 4.78 is 0. The van der Waals surface area contributed by atoms with E-state index < -0.39 is 0 Å². The zero-order chi connectivity index (χ0) is 10.4. The monoisotopic (exact) mass is 238 g/mol. The van der Waals surface area contributed by atoms with Crippen LogP contribution in [0.2, 0.25) is 15.1 Å². The van der Waals surface area contributed by atoms with Crippen molar-refractivity contribution in [2.45, 2.75) is 0 Å². The van der Waals surface area contributed by atoms with Gasteiger partial charge in [-0.2, -0.15) is 0 Å². The average Bonchev–Trinajstić information content (AvgIpc) is 2.10. The minimum absolute atomic E-state index is 0.309. The highest BCUT2D eigenvalue weighted by molar-refractivity contribution is 6.49. The molecule has 0 heterocycles. The molecule has 0 aliphatic carbocycles. The van der Waals surface area contributed by atoms with Gasteiger partial charge in [0.15, 0.2) is 0 Å². The third kappa shape index (κ3) is 3.66. The molecule has 0 bridgehead atoms. The molecule has 0 radical (unpaired) electrons. The molecule has 1 rings (SSSR count). The first-order chi connectivity index (χ1) is 6.04. The topological polar surface area (TPSA) is 66.9 Å². The summed E-state index contributed by atoms with van der Waals surface area (Å²) in [5.74, 6) is 0. The molecule has 0 spiro atoms. The number of hydrogen-bond donors (Lipinski definition) is 2. The minimum Gasteiger partial charge on any atom is -0.397 e. The standard InChI is InChI=1S/C6H4Cl3N.CHNO/c7-3-1-2-4(10)6(9)5(3)8;2-1-3/h1-2H,10H2;2H. The molecule has 1 aromatic rings. The number of hydrogen-bond acceptors (Lipinski definition) is 3. The van der Waals surface area contributed by atoms with Gasteiger partial charge in [0.1, 0.15) is 0 Å². The molecular weight excluding hydrogens is 234 g/mol. The molecule has 3 N–H and O–H groups in total. The van der Waals surface area contributed by atoms with Crippen LogP contribution in [-0.2, 0) is 4.79 Å². The van der Waals surface area contributed by atoms with Crippen molar-refractivity contribution in [2.75, 3.05) is 5.73 Å². The molecule has 0 aliphatic rings. The zero-order valence-electron chi connectivity index (χ0n) is 6.27. The second-order valence-electron chi connectivity index (χ2n) is 1.87. The number of carbonyl (C=O) groups excluding carboxylic acids is 1. The molecule has 3 nitrogen and oxygen atoms in total. The van der Waals surface area contributed by atoms with Crippen LogP contribution in [0.15, 0.2) is 12.1 Å². The van der Waals surface area contributed by atoms with E-state index in [0.29, 0.717) is 20.8 Å². The van der Waals surface area contributed by atoms with Gasteiger partial charge in [-0.1, -0.05) is 34.8 Å². The number of nitrogens with one attached hydrogen (secondary N) is 1. The van der Waals surface area contributed by atoms with Crippen LogP contribution in [0.5, 0.6) is 0 Å². The Labute approximate surface area is 89.9 Å². The molecule has 6 heteroatoms. The second kappa shape index (κ2) is 5.84. The van der Waals surface area contributed by atoms with Crippen molar-refractivity contribution in [2.24, 2.45) is 0 Å². The quantitative estimate of drug-likeness (QED) is 0.316. The van der Waals surface area contributed by atoms with Gasteiger partial charge in [-0.25, -0.2) is 10.2 Å². The summed E-state index contributed by atoms with van der Waals surface area (Å²) in [6.45, 7) is 0. The Balaban J connectivity index is 0.000000424. The molecule has 0 aliphatic heterocycles. The molecule has 0 unspecified atom stereocenters. The molecule has 0 saturated heterocycles. The van der Waals surface area contributed by atoms with Crippen LogP contribution in [0, 0.1) is 5.41 Å². The van der Waals surface area contributed by atoms with E-state index in [4.69, 9.17) is 50.7 Å². The van der Waals surface area contributed by atoms with E-state index in [2.05, 4.69) is 0 Å². The molecule has 0 saturated carbocycles. The largest absolute Gasteiger partial charge is 0.397 e. The van der Waals surface area contributed by atoms with E-state index in [-0.39, 0.29) is 0 Å². The zero-order valence-corrected chi connectivity index (χ0v) is 8.54. The van der Waals surface area contributed by atoms with E-state index in [0.717, 1.165) is 6.08 Å². The van der Waals surface area contributed by atoms with Gasteiger partial charge in [-0.15, -0.1) is 0 Å². The van der Waals surface area contributed by atoms with Crippen LogP contribution < -0.4 is 5.73 Å². The fraction of sp³-hybridized carbons (Fsp3) is 0. The minimum atomic E-state index is 0.309. The summed E-state index contributed by atoms with van der Waals surface area (Å²) in [6.07, 6.45) is 0.750. The third-order valence-electron chi connectivity index (χ3n) is 1.07. The Hall–Kier alpha value is -0.730. The average molecular weight is 239 g/mol. The Bertz CT molecular complexity index is 308. The van der Waals surface area contributed by atoms with Gasteiger partial charge in [-0.3, -0.25) is 0 Å². The van der Waals surface area contributed by atoms with Gasteiger partial charge < -0.3 is 5.73 Å². The highest BCUT2D eigenvalue weighted by atomic mass is 35.5. The fourth-order valence-corrected chi connectivity index (χ4v) is 1.08. The van der Waals surface area contributed by atoms with E-state index in [1.165, 1.54) is 0 Å². The predicted molar refractivity (Wildman–Crippen MR) is 54.3 cm³/mol. The normalized spacial score (nSPS) is 8.23. The highest BCUT2D eigenvalue weighted by Crippen LogP contribution is 2.33. The fourth-order valence-electron chi connectivity index (χ4n) is 0.541. The van der Waals surface area contributed by atoms with Crippen LogP contribution in [0.4, 0.5) is 5.69 Å². The molecule has 0 atom stereocenters. The van der Waals surface area contributed by atoms with Crippen LogP contribution in [0.25, 0.3) is 0 Å². The van der Waals surface area contributed by atoms with Gasteiger partial charge in [-0.05, 0) is 12.1 Å². The first-order valence-electron chi connectivity index (χ1n) is 2.97. The maximum atomic E-state index is 8.35. The summed E-state index contributed by atoms with van der Waals surface area (Å²) in [4.78, 5) is 8.35. The van der Waals surface area contributed by atoms with Crippen molar-refractivity contribution >= 4 is 46.6 Å². The first-order valence-corrected chi connectivity index (χ1v) is 4.10.